The van der Waals surface area contributed by atoms with Gasteiger partial charge in [-0.15, -0.1) is 0 Å². The van der Waals surface area contributed by atoms with Crippen molar-refractivity contribution in [1.29, 1.82) is 0 Å². The van der Waals surface area contributed by atoms with Crippen LogP contribution in [-0.4, -0.2) is 29.6 Å². The van der Waals surface area contributed by atoms with Crippen LogP contribution in [0.15, 0.2) is 103 Å². The monoisotopic (exact) mass is 548 g/mol. The van der Waals surface area contributed by atoms with Gasteiger partial charge in [0.1, 0.15) is 17.3 Å². The van der Waals surface area contributed by atoms with Crippen molar-refractivity contribution in [2.75, 3.05) is 10.2 Å². The normalized spacial score (nSPS) is 23.9. The fraction of sp³-hybridized carbons (Fsp3) is 0.121. The van der Waals surface area contributed by atoms with Crippen molar-refractivity contribution in [1.82, 2.24) is 0 Å². The third-order valence-corrected chi connectivity index (χ3v) is 8.59. The Labute approximate surface area is 234 Å². The lowest BCUT2D eigenvalue weighted by atomic mass is 9.64. The van der Waals surface area contributed by atoms with Crippen molar-refractivity contribution in [2.24, 2.45) is 5.92 Å². The first-order chi connectivity index (χ1) is 19.4. The quantitative estimate of drug-likeness (QED) is 0.302. The summed E-state index contributed by atoms with van der Waals surface area (Å²) in [6.07, 6.45) is 3.77. The molecule has 196 valence electrons. The van der Waals surface area contributed by atoms with Crippen molar-refractivity contribution in [3.05, 3.63) is 136 Å². The van der Waals surface area contributed by atoms with Gasteiger partial charge in [-0.2, -0.15) is 0 Å². The minimum Gasteiger partial charge on any atom is -0.352 e. The summed E-state index contributed by atoms with van der Waals surface area (Å²) in [6, 6.07) is 25.0. The van der Waals surface area contributed by atoms with Gasteiger partial charge in [-0.25, -0.2) is 4.39 Å². The van der Waals surface area contributed by atoms with Gasteiger partial charge in [-0.05, 0) is 59.7 Å². The van der Waals surface area contributed by atoms with Gasteiger partial charge < -0.3 is 10.2 Å². The summed E-state index contributed by atoms with van der Waals surface area (Å²) < 4.78 is 14.9. The number of amides is 1. The molecule has 0 bridgehead atoms. The first-order valence-corrected chi connectivity index (χ1v) is 13.3. The van der Waals surface area contributed by atoms with Crippen molar-refractivity contribution in [3.8, 4) is 0 Å². The van der Waals surface area contributed by atoms with Gasteiger partial charge in [0.25, 0.3) is 0 Å². The molecule has 0 aliphatic carbocycles. The van der Waals surface area contributed by atoms with Crippen LogP contribution < -0.4 is 10.2 Å². The predicted octanol–water partition coefficient (Wildman–Crippen LogP) is 6.34. The molecule has 1 fully saturated rings. The lowest BCUT2D eigenvalue weighted by Crippen LogP contribution is -2.51. The van der Waals surface area contributed by atoms with E-state index in [0.717, 1.165) is 11.3 Å². The third kappa shape index (κ3) is 3.36. The maximum Gasteiger partial charge on any atom is 0.238 e. The van der Waals surface area contributed by atoms with Gasteiger partial charge >= 0.3 is 0 Å². The molecule has 1 amide bonds. The Hall–Kier alpha value is -4.55. The largest absolute Gasteiger partial charge is 0.352 e. The van der Waals surface area contributed by atoms with E-state index in [1.54, 1.807) is 54.6 Å². The smallest absolute Gasteiger partial charge is 0.238 e. The lowest BCUT2D eigenvalue weighted by Gasteiger charge is -2.37. The van der Waals surface area contributed by atoms with Crippen LogP contribution in [0, 0.1) is 11.7 Å². The molecule has 40 heavy (non-hydrogen) atoms. The topological polar surface area (TPSA) is 66.5 Å². The standard InChI is InChI=1S/C33H22ClFN2O3/c34-22-13-10-21(11-14-22)31(39)29-28(30(38)20-7-2-1-3-8-20)33(24-18-23(35)15-16-25(24)36-32(33)40)27-17-12-19-6-4-5-9-26(19)37(27)29/h1-18,27-29H,(H,36,40)/t27?,28-,29-,33+/m1/s1. The number of benzene rings is 4. The highest BCUT2D eigenvalue weighted by molar-refractivity contribution is 6.30. The molecule has 0 saturated carbocycles. The molecule has 4 aromatic carbocycles. The van der Waals surface area contributed by atoms with E-state index in [1.165, 1.54) is 18.2 Å². The van der Waals surface area contributed by atoms with Crippen LogP contribution in [0.5, 0.6) is 0 Å². The van der Waals surface area contributed by atoms with Crippen LogP contribution in [0.25, 0.3) is 6.08 Å². The molecule has 0 radical (unpaired) electrons. The summed E-state index contributed by atoms with van der Waals surface area (Å²) in [5.74, 6) is -2.81. The number of nitrogens with one attached hydrogen (secondary N) is 1. The average Bonchev–Trinajstić information content (AvgIpc) is 3.45. The summed E-state index contributed by atoms with van der Waals surface area (Å²) in [7, 11) is 0. The molecule has 7 heteroatoms. The molecule has 3 heterocycles. The van der Waals surface area contributed by atoms with Crippen LogP contribution in [0.1, 0.15) is 31.8 Å². The Morgan fingerprint density at radius 1 is 0.850 bits per heavy atom. The summed E-state index contributed by atoms with van der Waals surface area (Å²) in [4.78, 5) is 45.3. The Bertz CT molecular complexity index is 1740. The van der Waals surface area contributed by atoms with Crippen molar-refractivity contribution < 1.29 is 18.8 Å². The zero-order valence-corrected chi connectivity index (χ0v) is 21.8. The van der Waals surface area contributed by atoms with E-state index < -0.39 is 35.1 Å². The van der Waals surface area contributed by atoms with E-state index >= 15 is 0 Å². The van der Waals surface area contributed by atoms with Gasteiger partial charge in [0.15, 0.2) is 11.6 Å². The number of ketones is 2. The number of carbonyl (C=O) groups is 3. The molecular weight excluding hydrogens is 527 g/mol. The van der Waals surface area contributed by atoms with E-state index in [1.807, 2.05) is 41.3 Å². The molecular formula is C33H22ClFN2O3. The minimum atomic E-state index is -1.57. The van der Waals surface area contributed by atoms with E-state index in [2.05, 4.69) is 5.32 Å². The van der Waals surface area contributed by atoms with Crippen molar-refractivity contribution in [2.45, 2.75) is 17.5 Å². The van der Waals surface area contributed by atoms with Gasteiger partial charge in [-0.1, -0.05) is 72.3 Å². The third-order valence-electron chi connectivity index (χ3n) is 8.33. The number of halogens is 2. The Morgan fingerprint density at radius 3 is 2.33 bits per heavy atom. The van der Waals surface area contributed by atoms with Crippen LogP contribution in [-0.2, 0) is 10.2 Å². The Kier molecular flexibility index (Phi) is 5.51. The van der Waals surface area contributed by atoms with Gasteiger partial charge in [0, 0.05) is 27.5 Å². The van der Waals surface area contributed by atoms with Crippen LogP contribution in [0.2, 0.25) is 5.02 Å². The maximum absolute atomic E-state index is 14.9. The summed E-state index contributed by atoms with van der Waals surface area (Å²) in [5.41, 5.74) is 1.55. The second-order valence-electron chi connectivity index (χ2n) is 10.3. The van der Waals surface area contributed by atoms with Crippen molar-refractivity contribution in [3.63, 3.8) is 0 Å². The summed E-state index contributed by atoms with van der Waals surface area (Å²) >= 11 is 6.13. The predicted molar refractivity (Wildman–Crippen MR) is 152 cm³/mol. The fourth-order valence-corrected chi connectivity index (χ4v) is 6.83. The van der Waals surface area contributed by atoms with Crippen LogP contribution >= 0.6 is 11.6 Å². The van der Waals surface area contributed by atoms with Gasteiger partial charge in [0.05, 0.1) is 12.0 Å². The number of carbonyl (C=O) groups excluding carboxylic acids is 3. The van der Waals surface area contributed by atoms with Gasteiger partial charge in [-0.3, -0.25) is 14.4 Å². The number of rotatable bonds is 4. The summed E-state index contributed by atoms with van der Waals surface area (Å²) in [6.45, 7) is 0. The number of anilines is 2. The number of hydrogen-bond donors (Lipinski definition) is 1. The number of nitrogens with zero attached hydrogens (tertiary/aromatic N) is 1. The van der Waals surface area contributed by atoms with Crippen LogP contribution in [0.4, 0.5) is 15.8 Å². The maximum atomic E-state index is 14.9. The minimum absolute atomic E-state index is 0.324. The number of para-hydroxylation sites is 1. The fourth-order valence-electron chi connectivity index (χ4n) is 6.70. The van der Waals surface area contributed by atoms with E-state index in [-0.39, 0.29) is 11.6 Å². The zero-order valence-electron chi connectivity index (χ0n) is 21.1. The summed E-state index contributed by atoms with van der Waals surface area (Å²) in [5, 5.41) is 3.38. The molecule has 4 atom stereocenters. The molecule has 1 N–H and O–H groups in total. The molecule has 3 aliphatic rings. The lowest BCUT2D eigenvalue weighted by molar-refractivity contribution is -0.121. The highest BCUT2D eigenvalue weighted by atomic mass is 35.5. The number of Topliss-reactive ketones (excluding diaryl/α,β-unsaturated/α-hetero) is 2. The second kappa shape index (κ2) is 9.00. The Balaban J connectivity index is 1.55. The highest BCUT2D eigenvalue weighted by Crippen LogP contribution is 2.58. The first kappa shape index (κ1) is 24.5. The second-order valence-corrected chi connectivity index (χ2v) is 10.7. The molecule has 4 aromatic rings. The molecule has 0 aromatic heterocycles. The Morgan fingerprint density at radius 2 is 1.55 bits per heavy atom. The zero-order chi connectivity index (χ0) is 27.6. The number of hydrogen-bond acceptors (Lipinski definition) is 4. The first-order valence-electron chi connectivity index (χ1n) is 13.0. The molecule has 5 nitrogen and oxygen atoms in total. The SMILES string of the molecule is O=C(c1ccc(Cl)cc1)[C@H]1[C@H](C(=O)c2ccccc2)[C@@]2(C(=O)Nc3ccc(F)cc32)C2C=Cc3ccccc3N21. The highest BCUT2D eigenvalue weighted by Gasteiger charge is 2.70. The average molecular weight is 549 g/mol. The molecule has 1 spiro atoms. The van der Waals surface area contributed by atoms with Crippen LogP contribution in [0.3, 0.4) is 0 Å². The molecule has 1 unspecified atom stereocenters. The molecule has 1 saturated heterocycles. The number of fused-ring (bicyclic) bond motifs is 6. The van der Waals surface area contributed by atoms with Gasteiger partial charge in [0.2, 0.25) is 5.91 Å². The van der Waals surface area contributed by atoms with E-state index in [4.69, 9.17) is 11.6 Å². The molecule has 3 aliphatic heterocycles. The van der Waals surface area contributed by atoms with Crippen molar-refractivity contribution >= 4 is 46.5 Å². The molecule has 7 rings (SSSR count). The van der Waals surface area contributed by atoms with E-state index in [9.17, 15) is 18.8 Å². The van der Waals surface area contributed by atoms with E-state index in [0.29, 0.717) is 27.4 Å².